The van der Waals surface area contributed by atoms with Crippen molar-refractivity contribution < 1.29 is 0 Å². The Hall–Kier alpha value is -0.870. The molecule has 1 aromatic heterocycles. The van der Waals surface area contributed by atoms with E-state index in [-0.39, 0.29) is 0 Å². The van der Waals surface area contributed by atoms with Gasteiger partial charge in [0.2, 0.25) is 0 Å². The minimum absolute atomic E-state index is 0.457. The molecule has 1 saturated heterocycles. The Kier molecular flexibility index (Phi) is 5.40. The summed E-state index contributed by atoms with van der Waals surface area (Å²) in [6.45, 7) is 9.07. The highest BCUT2D eigenvalue weighted by atomic mass is 15.3. The van der Waals surface area contributed by atoms with E-state index < -0.39 is 0 Å². The minimum atomic E-state index is 0.457. The summed E-state index contributed by atoms with van der Waals surface area (Å²) < 4.78 is 2.15. The van der Waals surface area contributed by atoms with Gasteiger partial charge in [-0.2, -0.15) is 5.10 Å². The number of hydrogen-bond donors (Lipinski definition) is 1. The molecule has 0 unspecified atom stereocenters. The monoisotopic (exact) mass is 264 g/mol. The van der Waals surface area contributed by atoms with Crippen molar-refractivity contribution in [2.45, 2.75) is 45.7 Å². The van der Waals surface area contributed by atoms with E-state index in [0.717, 1.165) is 19.0 Å². The smallest absolute Gasteiger partial charge is 0.0527 e. The van der Waals surface area contributed by atoms with Crippen LogP contribution in [0.3, 0.4) is 0 Å². The third-order valence-corrected chi connectivity index (χ3v) is 4.14. The molecule has 0 bridgehead atoms. The van der Waals surface area contributed by atoms with Crippen LogP contribution in [0.25, 0.3) is 0 Å². The second-order valence-electron chi connectivity index (χ2n) is 5.97. The molecule has 19 heavy (non-hydrogen) atoms. The van der Waals surface area contributed by atoms with E-state index in [4.69, 9.17) is 0 Å². The minimum Gasteiger partial charge on any atom is -0.320 e. The van der Waals surface area contributed by atoms with Crippen LogP contribution in [0.2, 0.25) is 0 Å². The Morgan fingerprint density at radius 3 is 2.74 bits per heavy atom. The Balaban J connectivity index is 1.80. The van der Waals surface area contributed by atoms with E-state index in [1.807, 2.05) is 13.2 Å². The Bertz CT molecular complexity index is 364. The van der Waals surface area contributed by atoms with Gasteiger partial charge in [-0.15, -0.1) is 0 Å². The summed E-state index contributed by atoms with van der Waals surface area (Å²) in [5.74, 6) is 0.915. The van der Waals surface area contributed by atoms with E-state index in [2.05, 4.69) is 39.9 Å². The SMILES string of the molecule is CNCCC1CCN(Cc2ccnn2C(C)C)CC1. The van der Waals surface area contributed by atoms with Crippen LogP contribution in [0.4, 0.5) is 0 Å². The highest BCUT2D eigenvalue weighted by Gasteiger charge is 2.20. The Morgan fingerprint density at radius 1 is 1.37 bits per heavy atom. The molecule has 1 fully saturated rings. The number of piperidine rings is 1. The molecule has 4 heteroatoms. The van der Waals surface area contributed by atoms with Crippen LogP contribution in [0, 0.1) is 5.92 Å². The van der Waals surface area contributed by atoms with E-state index in [1.165, 1.54) is 38.0 Å². The zero-order chi connectivity index (χ0) is 13.7. The molecule has 2 rings (SSSR count). The lowest BCUT2D eigenvalue weighted by atomic mass is 9.93. The molecular formula is C15H28N4. The Labute approximate surface area is 117 Å². The first kappa shape index (κ1) is 14.5. The summed E-state index contributed by atoms with van der Waals surface area (Å²) in [4.78, 5) is 2.58. The Morgan fingerprint density at radius 2 is 2.11 bits per heavy atom. The van der Waals surface area contributed by atoms with E-state index in [9.17, 15) is 0 Å². The van der Waals surface area contributed by atoms with Crippen molar-refractivity contribution in [2.75, 3.05) is 26.7 Å². The van der Waals surface area contributed by atoms with Gasteiger partial charge in [0.1, 0.15) is 0 Å². The maximum Gasteiger partial charge on any atom is 0.0527 e. The van der Waals surface area contributed by atoms with Gasteiger partial charge in [0, 0.05) is 18.8 Å². The molecular weight excluding hydrogens is 236 g/mol. The molecule has 1 aliphatic rings. The van der Waals surface area contributed by atoms with Gasteiger partial charge in [-0.1, -0.05) is 0 Å². The van der Waals surface area contributed by atoms with Gasteiger partial charge < -0.3 is 5.32 Å². The summed E-state index contributed by atoms with van der Waals surface area (Å²) in [5.41, 5.74) is 1.35. The lowest BCUT2D eigenvalue weighted by molar-refractivity contribution is 0.167. The van der Waals surface area contributed by atoms with Crippen LogP contribution >= 0.6 is 0 Å². The highest BCUT2D eigenvalue weighted by Crippen LogP contribution is 2.21. The van der Waals surface area contributed by atoms with Gasteiger partial charge in [-0.25, -0.2) is 0 Å². The topological polar surface area (TPSA) is 33.1 Å². The third kappa shape index (κ3) is 4.05. The molecule has 1 aliphatic heterocycles. The predicted molar refractivity (Wildman–Crippen MR) is 79.2 cm³/mol. The molecule has 0 spiro atoms. The van der Waals surface area contributed by atoms with Gasteiger partial charge >= 0.3 is 0 Å². The zero-order valence-corrected chi connectivity index (χ0v) is 12.6. The van der Waals surface area contributed by atoms with Crippen molar-refractivity contribution in [3.63, 3.8) is 0 Å². The average Bonchev–Trinajstić information content (AvgIpc) is 2.86. The van der Waals surface area contributed by atoms with Crippen molar-refractivity contribution in [3.05, 3.63) is 18.0 Å². The number of likely N-dealkylation sites (tertiary alicyclic amines) is 1. The molecule has 108 valence electrons. The summed E-state index contributed by atoms with van der Waals surface area (Å²) in [5, 5.41) is 7.68. The largest absolute Gasteiger partial charge is 0.320 e. The molecule has 2 heterocycles. The fraction of sp³-hybridized carbons (Fsp3) is 0.800. The molecule has 0 aromatic carbocycles. The summed E-state index contributed by atoms with van der Waals surface area (Å²) >= 11 is 0. The maximum absolute atomic E-state index is 4.42. The normalized spacial score (nSPS) is 18.3. The van der Waals surface area contributed by atoms with Crippen LogP contribution in [-0.4, -0.2) is 41.4 Å². The van der Waals surface area contributed by atoms with Crippen LogP contribution in [0.1, 0.15) is 44.8 Å². The predicted octanol–water partition coefficient (Wildman–Crippen LogP) is 2.29. The molecule has 1 N–H and O–H groups in total. The van der Waals surface area contributed by atoms with Gasteiger partial charge in [0.25, 0.3) is 0 Å². The van der Waals surface area contributed by atoms with Crippen molar-refractivity contribution in [3.8, 4) is 0 Å². The van der Waals surface area contributed by atoms with Crippen LogP contribution < -0.4 is 5.32 Å². The zero-order valence-electron chi connectivity index (χ0n) is 12.6. The molecule has 0 aliphatic carbocycles. The molecule has 0 saturated carbocycles. The van der Waals surface area contributed by atoms with Crippen molar-refractivity contribution >= 4 is 0 Å². The average molecular weight is 264 g/mol. The van der Waals surface area contributed by atoms with Crippen molar-refractivity contribution in [1.82, 2.24) is 20.0 Å². The fourth-order valence-corrected chi connectivity index (χ4v) is 2.94. The lowest BCUT2D eigenvalue weighted by Gasteiger charge is -2.32. The van der Waals surface area contributed by atoms with Gasteiger partial charge in [-0.3, -0.25) is 9.58 Å². The summed E-state index contributed by atoms with van der Waals surface area (Å²) in [6, 6.07) is 2.62. The van der Waals surface area contributed by atoms with E-state index >= 15 is 0 Å². The molecule has 0 radical (unpaired) electrons. The second-order valence-corrected chi connectivity index (χ2v) is 5.97. The van der Waals surface area contributed by atoms with Crippen LogP contribution in [0.15, 0.2) is 12.3 Å². The first-order valence-corrected chi connectivity index (χ1v) is 7.60. The lowest BCUT2D eigenvalue weighted by Crippen LogP contribution is -2.34. The molecule has 1 aromatic rings. The summed E-state index contributed by atoms with van der Waals surface area (Å²) in [7, 11) is 2.04. The number of aromatic nitrogens is 2. The molecule has 0 atom stereocenters. The van der Waals surface area contributed by atoms with E-state index in [0.29, 0.717) is 6.04 Å². The van der Waals surface area contributed by atoms with Crippen LogP contribution in [-0.2, 0) is 6.54 Å². The van der Waals surface area contributed by atoms with Crippen molar-refractivity contribution in [1.29, 1.82) is 0 Å². The first-order valence-electron chi connectivity index (χ1n) is 7.60. The molecule has 4 nitrogen and oxygen atoms in total. The maximum atomic E-state index is 4.42. The fourth-order valence-electron chi connectivity index (χ4n) is 2.94. The van der Waals surface area contributed by atoms with E-state index in [1.54, 1.807) is 0 Å². The quantitative estimate of drug-likeness (QED) is 0.856. The number of hydrogen-bond acceptors (Lipinski definition) is 3. The van der Waals surface area contributed by atoms with Gasteiger partial charge in [0.05, 0.1) is 5.69 Å². The second kappa shape index (κ2) is 7.06. The number of rotatable bonds is 6. The number of nitrogens with zero attached hydrogens (tertiary/aromatic N) is 3. The first-order chi connectivity index (χ1) is 9.20. The van der Waals surface area contributed by atoms with Crippen LogP contribution in [0.5, 0.6) is 0 Å². The van der Waals surface area contributed by atoms with Crippen molar-refractivity contribution in [2.24, 2.45) is 5.92 Å². The van der Waals surface area contributed by atoms with Gasteiger partial charge in [0.15, 0.2) is 0 Å². The van der Waals surface area contributed by atoms with Gasteiger partial charge in [-0.05, 0) is 71.8 Å². The summed E-state index contributed by atoms with van der Waals surface area (Å²) in [6.07, 6.45) is 5.94. The highest BCUT2D eigenvalue weighted by molar-refractivity contribution is 5.01. The molecule has 0 amide bonds. The standard InChI is InChI=1S/C15H28N4/c1-13(2)19-15(5-9-17-19)12-18-10-6-14(7-11-18)4-8-16-3/h5,9,13-14,16H,4,6-8,10-12H2,1-3H3. The third-order valence-electron chi connectivity index (χ3n) is 4.14. The number of nitrogens with one attached hydrogen (secondary N) is 1.